The Morgan fingerprint density at radius 3 is 2.32 bits per heavy atom. The Morgan fingerprint density at radius 2 is 1.68 bits per heavy atom. The van der Waals surface area contributed by atoms with Gasteiger partial charge in [0.1, 0.15) is 11.6 Å². The average molecular weight is 435 g/mol. The van der Waals surface area contributed by atoms with E-state index in [0.29, 0.717) is 31.5 Å². The van der Waals surface area contributed by atoms with Gasteiger partial charge < -0.3 is 19.4 Å². The molecule has 2 aliphatic heterocycles. The van der Waals surface area contributed by atoms with Crippen molar-refractivity contribution in [3.05, 3.63) is 66.2 Å². The highest BCUT2D eigenvalue weighted by Crippen LogP contribution is 2.36. The van der Waals surface area contributed by atoms with E-state index >= 15 is 0 Å². The van der Waals surface area contributed by atoms with Crippen LogP contribution in [0.2, 0.25) is 0 Å². The maximum atomic E-state index is 13.7. The molecule has 1 saturated heterocycles. The van der Waals surface area contributed by atoms with Crippen LogP contribution in [0.25, 0.3) is 0 Å². The first-order chi connectivity index (χ1) is 14.7. The molecule has 5 nitrogen and oxygen atoms in total. The van der Waals surface area contributed by atoms with Crippen LogP contribution >= 0.6 is 0 Å². The Kier molecular flexibility index (Phi) is 5.51. The molecular weight excluding hydrogens is 414 g/mol. The Bertz CT molecular complexity index is 983. The monoisotopic (exact) mass is 435 g/mol. The van der Waals surface area contributed by atoms with Gasteiger partial charge in [0, 0.05) is 44.1 Å². The largest absolute Gasteiger partial charge is 0.573 e. The summed E-state index contributed by atoms with van der Waals surface area (Å²) in [5, 5.41) is 0. The summed E-state index contributed by atoms with van der Waals surface area (Å²) >= 11 is 0. The smallest absolute Gasteiger partial charge is 0.406 e. The highest BCUT2D eigenvalue weighted by Gasteiger charge is 2.32. The minimum absolute atomic E-state index is 0.153. The molecule has 0 atom stereocenters. The molecule has 0 bridgehead atoms. The minimum atomic E-state index is -4.77. The minimum Gasteiger partial charge on any atom is -0.406 e. The standard InChI is InChI=1S/C22H21F4N3O2/c1-27-12-13-29(19-7-4-16(23)14-20(19)27)17-8-10-28(11-9-17)21(30)15-2-5-18(6-3-15)31-22(24,25)26/h2-7,12-14,17H,8-11H2,1H3. The number of hydrogen-bond donors (Lipinski definition) is 0. The summed E-state index contributed by atoms with van der Waals surface area (Å²) in [4.78, 5) is 18.4. The van der Waals surface area contributed by atoms with E-state index in [0.717, 1.165) is 23.5 Å². The molecular formula is C22H21F4N3O2. The number of piperidine rings is 1. The summed E-state index contributed by atoms with van der Waals surface area (Å²) in [6.07, 6.45) is 0.499. The fourth-order valence-electron chi connectivity index (χ4n) is 3.98. The Labute approximate surface area is 177 Å². The van der Waals surface area contributed by atoms with Gasteiger partial charge in [0.05, 0.1) is 11.4 Å². The van der Waals surface area contributed by atoms with E-state index in [1.807, 2.05) is 24.3 Å². The number of carbonyl (C=O) groups is 1. The van der Waals surface area contributed by atoms with E-state index in [2.05, 4.69) is 9.64 Å². The Balaban J connectivity index is 1.40. The number of anilines is 2. The number of nitrogens with zero attached hydrogens (tertiary/aromatic N) is 3. The number of likely N-dealkylation sites (tertiary alicyclic amines) is 1. The quantitative estimate of drug-likeness (QED) is 0.652. The summed E-state index contributed by atoms with van der Waals surface area (Å²) < 4.78 is 54.4. The van der Waals surface area contributed by atoms with Gasteiger partial charge in [-0.3, -0.25) is 4.79 Å². The molecule has 2 aromatic rings. The first kappa shape index (κ1) is 21.0. The lowest BCUT2D eigenvalue weighted by atomic mass is 10.0. The third-order valence-corrected chi connectivity index (χ3v) is 5.53. The van der Waals surface area contributed by atoms with Crippen LogP contribution in [0.15, 0.2) is 54.9 Å². The van der Waals surface area contributed by atoms with Gasteiger partial charge in [-0.15, -0.1) is 13.2 Å². The van der Waals surface area contributed by atoms with Gasteiger partial charge in [-0.05, 0) is 55.3 Å². The number of fused-ring (bicyclic) bond motifs is 1. The molecule has 0 spiro atoms. The van der Waals surface area contributed by atoms with Crippen LogP contribution < -0.4 is 14.5 Å². The first-order valence-electron chi connectivity index (χ1n) is 9.85. The lowest BCUT2D eigenvalue weighted by Gasteiger charge is -2.41. The molecule has 1 amide bonds. The van der Waals surface area contributed by atoms with Crippen molar-refractivity contribution in [2.75, 3.05) is 29.9 Å². The van der Waals surface area contributed by atoms with Crippen molar-refractivity contribution in [3.8, 4) is 5.75 Å². The van der Waals surface area contributed by atoms with Crippen LogP contribution in [0, 0.1) is 5.82 Å². The van der Waals surface area contributed by atoms with Gasteiger partial charge in [-0.1, -0.05) is 0 Å². The zero-order chi connectivity index (χ0) is 22.2. The molecule has 0 unspecified atom stereocenters. The van der Waals surface area contributed by atoms with Gasteiger partial charge in [-0.25, -0.2) is 4.39 Å². The summed E-state index contributed by atoms with van der Waals surface area (Å²) in [6, 6.07) is 9.79. The van der Waals surface area contributed by atoms with Crippen molar-refractivity contribution in [1.82, 2.24) is 4.90 Å². The van der Waals surface area contributed by atoms with E-state index in [4.69, 9.17) is 0 Å². The number of rotatable bonds is 3. The molecule has 4 rings (SSSR count). The van der Waals surface area contributed by atoms with E-state index in [9.17, 15) is 22.4 Å². The third kappa shape index (κ3) is 4.60. The second-order valence-electron chi connectivity index (χ2n) is 7.54. The van der Waals surface area contributed by atoms with E-state index in [1.165, 1.54) is 24.3 Å². The molecule has 31 heavy (non-hydrogen) atoms. The van der Waals surface area contributed by atoms with Crippen molar-refractivity contribution in [2.45, 2.75) is 25.2 Å². The first-order valence-corrected chi connectivity index (χ1v) is 9.85. The number of alkyl halides is 3. The molecule has 2 heterocycles. The number of hydrogen-bond acceptors (Lipinski definition) is 4. The Morgan fingerprint density at radius 1 is 1.00 bits per heavy atom. The number of benzene rings is 2. The second-order valence-corrected chi connectivity index (χ2v) is 7.54. The lowest BCUT2D eigenvalue weighted by Crippen LogP contribution is -2.46. The number of halogens is 4. The van der Waals surface area contributed by atoms with Gasteiger partial charge in [-0.2, -0.15) is 0 Å². The summed E-state index contributed by atoms with van der Waals surface area (Å²) in [7, 11) is 1.86. The highest BCUT2D eigenvalue weighted by molar-refractivity contribution is 5.94. The fourth-order valence-corrected chi connectivity index (χ4v) is 3.98. The topological polar surface area (TPSA) is 36.0 Å². The molecule has 0 aliphatic carbocycles. The average Bonchev–Trinajstić information content (AvgIpc) is 2.73. The highest BCUT2D eigenvalue weighted by atomic mass is 19.4. The molecule has 9 heteroatoms. The second kappa shape index (κ2) is 8.13. The maximum absolute atomic E-state index is 13.7. The molecule has 2 aromatic carbocycles. The van der Waals surface area contributed by atoms with E-state index in [1.54, 1.807) is 11.0 Å². The van der Waals surface area contributed by atoms with Crippen molar-refractivity contribution >= 4 is 17.3 Å². The number of ether oxygens (including phenoxy) is 1. The predicted molar refractivity (Wildman–Crippen MR) is 108 cm³/mol. The van der Waals surface area contributed by atoms with E-state index in [-0.39, 0.29) is 23.5 Å². The molecule has 2 aliphatic rings. The summed E-state index contributed by atoms with van der Waals surface area (Å²) in [5.74, 6) is -0.888. The van der Waals surface area contributed by atoms with Crippen LogP contribution in [0.4, 0.5) is 28.9 Å². The number of amides is 1. The zero-order valence-electron chi connectivity index (χ0n) is 16.8. The van der Waals surface area contributed by atoms with Crippen molar-refractivity contribution in [2.24, 2.45) is 0 Å². The van der Waals surface area contributed by atoms with Gasteiger partial charge in [0.15, 0.2) is 0 Å². The third-order valence-electron chi connectivity index (χ3n) is 5.53. The Hall–Kier alpha value is -3.23. The van der Waals surface area contributed by atoms with Gasteiger partial charge in [0.25, 0.3) is 5.91 Å². The van der Waals surface area contributed by atoms with Gasteiger partial charge >= 0.3 is 6.36 Å². The van der Waals surface area contributed by atoms with Crippen LogP contribution in [-0.4, -0.2) is 43.3 Å². The maximum Gasteiger partial charge on any atom is 0.573 e. The fraction of sp³-hybridized carbons (Fsp3) is 0.318. The van der Waals surface area contributed by atoms with Crippen LogP contribution in [0.5, 0.6) is 5.75 Å². The van der Waals surface area contributed by atoms with Crippen molar-refractivity contribution in [3.63, 3.8) is 0 Å². The summed E-state index contributed by atoms with van der Waals surface area (Å²) in [5.41, 5.74) is 2.01. The lowest BCUT2D eigenvalue weighted by molar-refractivity contribution is -0.274. The van der Waals surface area contributed by atoms with Gasteiger partial charge in [0.2, 0.25) is 0 Å². The molecule has 164 valence electrons. The van der Waals surface area contributed by atoms with Crippen molar-refractivity contribution < 1.29 is 27.1 Å². The molecule has 1 fully saturated rings. The predicted octanol–water partition coefficient (Wildman–Crippen LogP) is 4.76. The zero-order valence-corrected chi connectivity index (χ0v) is 16.8. The van der Waals surface area contributed by atoms with Crippen LogP contribution in [0.1, 0.15) is 23.2 Å². The SMILES string of the molecule is CN1C=CN(C2CCN(C(=O)c3ccc(OC(F)(F)F)cc3)CC2)c2ccc(F)cc21. The molecule has 0 N–H and O–H groups in total. The van der Waals surface area contributed by atoms with Crippen LogP contribution in [0.3, 0.4) is 0 Å². The van der Waals surface area contributed by atoms with Crippen molar-refractivity contribution in [1.29, 1.82) is 0 Å². The van der Waals surface area contributed by atoms with Crippen LogP contribution in [-0.2, 0) is 0 Å². The molecule has 0 saturated carbocycles. The molecule has 0 radical (unpaired) electrons. The number of carbonyl (C=O) groups excluding carboxylic acids is 1. The van der Waals surface area contributed by atoms with E-state index < -0.39 is 6.36 Å². The summed E-state index contributed by atoms with van der Waals surface area (Å²) in [6.45, 7) is 1.03. The normalized spacial score (nSPS) is 17.0. The molecule has 0 aromatic heterocycles.